The zero-order valence-electron chi connectivity index (χ0n) is 13.0. The monoisotopic (exact) mass is 290 g/mol. The lowest BCUT2D eigenvalue weighted by molar-refractivity contribution is -0.384. The number of rotatable bonds is 5. The molecule has 2 rings (SSSR count). The molecule has 1 aromatic heterocycles. The predicted octanol–water partition coefficient (Wildman–Crippen LogP) is 2.97. The van der Waals surface area contributed by atoms with Crippen molar-refractivity contribution in [2.45, 2.75) is 39.8 Å². The first kappa shape index (κ1) is 15.4. The molecule has 2 aromatic rings. The highest BCUT2D eigenvalue weighted by atomic mass is 16.6. The summed E-state index contributed by atoms with van der Waals surface area (Å²) in [6, 6.07) is 4.85. The highest BCUT2D eigenvalue weighted by Gasteiger charge is 2.14. The van der Waals surface area contributed by atoms with Crippen molar-refractivity contribution in [1.29, 1.82) is 0 Å². The summed E-state index contributed by atoms with van der Waals surface area (Å²) in [6.45, 7) is 10.1. The standard InChI is InChI=1S/C15H22N4O2/c1-11(8-16-15(2,3)4)10-18-14-7-13(19(20)21)6-5-12(14)9-17-18/h5-7,9,11,16H,8,10H2,1-4H3. The molecule has 0 amide bonds. The summed E-state index contributed by atoms with van der Waals surface area (Å²) < 4.78 is 1.84. The summed E-state index contributed by atoms with van der Waals surface area (Å²) in [5, 5.41) is 19.6. The van der Waals surface area contributed by atoms with Gasteiger partial charge in [-0.2, -0.15) is 5.10 Å². The number of nitro benzene ring substituents is 1. The lowest BCUT2D eigenvalue weighted by Gasteiger charge is -2.23. The SMILES string of the molecule is CC(CNC(C)(C)C)Cn1ncc2ccc([N+](=O)[O-])cc21. The summed E-state index contributed by atoms with van der Waals surface area (Å²) in [5.41, 5.74) is 0.996. The zero-order chi connectivity index (χ0) is 15.6. The van der Waals surface area contributed by atoms with Crippen molar-refractivity contribution in [1.82, 2.24) is 15.1 Å². The molecule has 1 unspecified atom stereocenters. The second-order valence-corrected chi connectivity index (χ2v) is 6.56. The van der Waals surface area contributed by atoms with E-state index in [0.29, 0.717) is 5.92 Å². The van der Waals surface area contributed by atoms with Gasteiger partial charge in [-0.15, -0.1) is 0 Å². The Bertz CT molecular complexity index is 643. The zero-order valence-corrected chi connectivity index (χ0v) is 13.0. The number of benzene rings is 1. The molecular formula is C15H22N4O2. The van der Waals surface area contributed by atoms with Crippen LogP contribution in [0.3, 0.4) is 0 Å². The third kappa shape index (κ3) is 4.01. The fraction of sp³-hybridized carbons (Fsp3) is 0.533. The van der Waals surface area contributed by atoms with Gasteiger partial charge in [0, 0.05) is 29.6 Å². The lowest BCUT2D eigenvalue weighted by Crippen LogP contribution is -2.39. The third-order valence-electron chi connectivity index (χ3n) is 3.30. The number of non-ortho nitro benzene ring substituents is 1. The Morgan fingerprint density at radius 2 is 2.14 bits per heavy atom. The molecule has 0 spiro atoms. The van der Waals surface area contributed by atoms with Crippen LogP contribution in [0.2, 0.25) is 0 Å². The first-order chi connectivity index (χ1) is 9.76. The van der Waals surface area contributed by atoms with Crippen LogP contribution in [0.5, 0.6) is 0 Å². The van der Waals surface area contributed by atoms with Gasteiger partial charge >= 0.3 is 0 Å². The molecule has 114 valence electrons. The molecule has 6 nitrogen and oxygen atoms in total. The van der Waals surface area contributed by atoms with E-state index in [4.69, 9.17) is 0 Å². The molecule has 0 aliphatic heterocycles. The number of hydrogen-bond donors (Lipinski definition) is 1. The minimum Gasteiger partial charge on any atom is -0.312 e. The molecule has 21 heavy (non-hydrogen) atoms. The van der Waals surface area contributed by atoms with E-state index in [2.05, 4.69) is 38.1 Å². The second kappa shape index (κ2) is 5.81. The van der Waals surface area contributed by atoms with Crippen molar-refractivity contribution in [2.24, 2.45) is 5.92 Å². The largest absolute Gasteiger partial charge is 0.312 e. The third-order valence-corrected chi connectivity index (χ3v) is 3.30. The van der Waals surface area contributed by atoms with Gasteiger partial charge in [0.05, 0.1) is 16.6 Å². The van der Waals surface area contributed by atoms with Crippen LogP contribution >= 0.6 is 0 Å². The average Bonchev–Trinajstić information content (AvgIpc) is 2.78. The van der Waals surface area contributed by atoms with Crippen LogP contribution in [-0.2, 0) is 6.54 Å². The topological polar surface area (TPSA) is 73.0 Å². The van der Waals surface area contributed by atoms with E-state index in [-0.39, 0.29) is 16.1 Å². The smallest absolute Gasteiger partial charge is 0.271 e. The minimum atomic E-state index is -0.374. The van der Waals surface area contributed by atoms with Crippen LogP contribution < -0.4 is 5.32 Å². The van der Waals surface area contributed by atoms with E-state index < -0.39 is 0 Å². The summed E-state index contributed by atoms with van der Waals surface area (Å²) in [5.74, 6) is 0.381. The maximum atomic E-state index is 10.9. The molecule has 1 aromatic carbocycles. The van der Waals surface area contributed by atoms with Gasteiger partial charge in [-0.25, -0.2) is 0 Å². The van der Waals surface area contributed by atoms with E-state index in [9.17, 15) is 10.1 Å². The maximum Gasteiger partial charge on any atom is 0.271 e. The molecule has 6 heteroatoms. The summed E-state index contributed by atoms with van der Waals surface area (Å²) in [6.07, 6.45) is 1.75. The number of nitro groups is 1. The minimum absolute atomic E-state index is 0.0826. The molecule has 0 aliphatic carbocycles. The molecule has 1 N–H and O–H groups in total. The molecule has 0 radical (unpaired) electrons. The van der Waals surface area contributed by atoms with Gasteiger partial charge in [0.25, 0.3) is 5.69 Å². The van der Waals surface area contributed by atoms with Crippen LogP contribution in [0.15, 0.2) is 24.4 Å². The van der Waals surface area contributed by atoms with Crippen LogP contribution in [0.1, 0.15) is 27.7 Å². The van der Waals surface area contributed by atoms with Crippen LogP contribution in [-0.4, -0.2) is 26.8 Å². The van der Waals surface area contributed by atoms with Gasteiger partial charge in [-0.3, -0.25) is 14.8 Å². The molecule has 1 atom stereocenters. The molecule has 0 bridgehead atoms. The Morgan fingerprint density at radius 3 is 2.76 bits per heavy atom. The summed E-state index contributed by atoms with van der Waals surface area (Å²) >= 11 is 0. The fourth-order valence-corrected chi connectivity index (χ4v) is 2.16. The van der Waals surface area contributed by atoms with Crippen molar-refractivity contribution >= 4 is 16.6 Å². The van der Waals surface area contributed by atoms with Gasteiger partial charge in [0.15, 0.2) is 0 Å². The van der Waals surface area contributed by atoms with Gasteiger partial charge in [0.1, 0.15) is 0 Å². The number of fused-ring (bicyclic) bond motifs is 1. The van der Waals surface area contributed by atoms with Crippen LogP contribution in [0.4, 0.5) is 5.69 Å². The van der Waals surface area contributed by atoms with Crippen LogP contribution in [0, 0.1) is 16.0 Å². The Balaban J connectivity index is 2.14. The fourth-order valence-electron chi connectivity index (χ4n) is 2.16. The van der Waals surface area contributed by atoms with E-state index in [1.54, 1.807) is 18.3 Å². The summed E-state index contributed by atoms with van der Waals surface area (Å²) in [4.78, 5) is 10.5. The van der Waals surface area contributed by atoms with Crippen molar-refractivity contribution in [3.05, 3.63) is 34.5 Å². The van der Waals surface area contributed by atoms with Crippen molar-refractivity contribution in [2.75, 3.05) is 6.54 Å². The van der Waals surface area contributed by atoms with E-state index in [1.165, 1.54) is 6.07 Å². The van der Waals surface area contributed by atoms with Crippen LogP contribution in [0.25, 0.3) is 10.9 Å². The molecule has 1 heterocycles. The van der Waals surface area contributed by atoms with Crippen molar-refractivity contribution < 1.29 is 4.92 Å². The molecule has 0 fully saturated rings. The Hall–Kier alpha value is -1.95. The van der Waals surface area contributed by atoms with E-state index >= 15 is 0 Å². The second-order valence-electron chi connectivity index (χ2n) is 6.56. The highest BCUT2D eigenvalue weighted by Crippen LogP contribution is 2.21. The summed E-state index contributed by atoms with van der Waals surface area (Å²) in [7, 11) is 0. The Morgan fingerprint density at radius 1 is 1.43 bits per heavy atom. The van der Waals surface area contributed by atoms with Gasteiger partial charge in [-0.05, 0) is 39.3 Å². The molecule has 0 saturated heterocycles. The quantitative estimate of drug-likeness (QED) is 0.678. The molecular weight excluding hydrogens is 268 g/mol. The highest BCUT2D eigenvalue weighted by molar-refractivity contribution is 5.80. The maximum absolute atomic E-state index is 10.9. The van der Waals surface area contributed by atoms with E-state index in [1.807, 2.05) is 4.68 Å². The first-order valence-electron chi connectivity index (χ1n) is 7.11. The average molecular weight is 290 g/mol. The predicted molar refractivity (Wildman–Crippen MR) is 83.3 cm³/mol. The Labute approximate surface area is 124 Å². The first-order valence-corrected chi connectivity index (χ1v) is 7.11. The van der Waals surface area contributed by atoms with Gasteiger partial charge in [-0.1, -0.05) is 6.92 Å². The Kier molecular flexibility index (Phi) is 4.27. The van der Waals surface area contributed by atoms with Gasteiger partial charge < -0.3 is 5.32 Å². The number of nitrogens with one attached hydrogen (secondary N) is 1. The van der Waals surface area contributed by atoms with E-state index in [0.717, 1.165) is 24.0 Å². The van der Waals surface area contributed by atoms with Crippen molar-refractivity contribution in [3.8, 4) is 0 Å². The number of nitrogens with zero attached hydrogens (tertiary/aromatic N) is 3. The van der Waals surface area contributed by atoms with Gasteiger partial charge in [0.2, 0.25) is 0 Å². The lowest BCUT2D eigenvalue weighted by atomic mass is 10.1. The van der Waals surface area contributed by atoms with Crippen molar-refractivity contribution in [3.63, 3.8) is 0 Å². The normalized spacial score (nSPS) is 13.5. The molecule has 0 saturated carbocycles. The molecule has 0 aliphatic rings. The number of hydrogen-bond acceptors (Lipinski definition) is 4. The number of aromatic nitrogens is 2.